The van der Waals surface area contributed by atoms with Gasteiger partial charge in [0, 0.05) is 78.0 Å². The average molecular weight is 1200 g/mol. The monoisotopic (exact) mass is 1200 g/mol. The van der Waals surface area contributed by atoms with Crippen molar-refractivity contribution in [2.45, 2.75) is 142 Å². The second-order valence-electron chi connectivity index (χ2n) is 22.4. The number of fused-ring (bicyclic) bond motifs is 2. The molecule has 0 radical (unpaired) electrons. The second kappa shape index (κ2) is 33.7. The number of rotatable bonds is 33. The normalized spacial score (nSPS) is 12.2. The molecule has 6 aromatic carbocycles. The lowest BCUT2D eigenvalue weighted by Gasteiger charge is -2.15. The Labute approximate surface area is 513 Å². The molecule has 2 heterocycles. The summed E-state index contributed by atoms with van der Waals surface area (Å²) in [6.45, 7) is 2.62. The van der Waals surface area contributed by atoms with Crippen molar-refractivity contribution in [3.8, 4) is 0 Å². The van der Waals surface area contributed by atoms with Gasteiger partial charge in [-0.3, -0.25) is 38.4 Å². The molecular formula is C70H78F2N6O10. The first-order valence-corrected chi connectivity index (χ1v) is 30.6. The van der Waals surface area contributed by atoms with Crippen LogP contribution in [0.15, 0.2) is 133 Å². The van der Waals surface area contributed by atoms with Crippen molar-refractivity contribution >= 4 is 47.4 Å². The summed E-state index contributed by atoms with van der Waals surface area (Å²) < 4.78 is 37.8. The van der Waals surface area contributed by atoms with Crippen molar-refractivity contribution < 1.29 is 56.6 Å². The fourth-order valence-corrected chi connectivity index (χ4v) is 10.7. The largest absolute Gasteiger partial charge is 0.461 e. The van der Waals surface area contributed by atoms with E-state index in [1.807, 2.05) is 60.7 Å². The number of amides is 6. The predicted octanol–water partition coefficient (Wildman–Crippen LogP) is 10.7. The van der Waals surface area contributed by atoms with Crippen LogP contribution in [0.25, 0.3) is 0 Å². The SMILES string of the molecule is O=C(CCCCNC(=O)c1cc2c(cc1C(=O)NCCc1ccc(F)cc1)CN(C(=O)CCCCCCCCC(=O)N1Cc3cc(C(=O)NCCCCC(=O)OCc4ccccc4)c(C(=O)NCCc4ccc(F)cc4)cc3C1)C2)OCc1ccccc1. The van der Waals surface area contributed by atoms with Gasteiger partial charge in [0.05, 0.1) is 22.3 Å². The highest BCUT2D eigenvalue weighted by atomic mass is 19.1. The summed E-state index contributed by atoms with van der Waals surface area (Å²) in [5.74, 6) is -3.20. The standard InChI is InChI=1S/C70H78F2N6O10/c71-57-29-25-49(26-30-57)33-37-75-69(85)61-41-55-45-77(43-53(55)39-59(61)67(83)73-35-15-13-23-65(81)87-47-51-17-7-5-8-18-51)63(79)21-11-3-1-2-4-12-22-64(80)78-44-54-40-60(68(84)74-36-16-14-24-66(82)88-48-52-19-9-6-10-20-52)62(42-56(54)46-78)70(86)76-38-34-50-27-31-58(72)32-28-50/h5-10,17-20,25-32,39-42H,1-4,11-16,21-24,33-38,43-48H2,(H,73,83)(H,74,84)(H,75,85)(H,76,86). The van der Waals surface area contributed by atoms with Crippen LogP contribution in [0.3, 0.4) is 0 Å². The molecule has 16 nitrogen and oxygen atoms in total. The molecule has 0 aliphatic carbocycles. The third-order valence-electron chi connectivity index (χ3n) is 15.7. The number of unbranched alkanes of at least 4 members (excludes halogenated alkanes) is 7. The zero-order valence-corrected chi connectivity index (χ0v) is 49.8. The van der Waals surface area contributed by atoms with Crippen molar-refractivity contribution in [2.24, 2.45) is 0 Å². The smallest absolute Gasteiger partial charge is 0.306 e. The fraction of sp³-hybridized carbons (Fsp3) is 0.371. The number of nitrogens with one attached hydrogen (secondary N) is 4. The molecule has 4 N–H and O–H groups in total. The molecule has 0 atom stereocenters. The lowest BCUT2D eigenvalue weighted by atomic mass is 9.98. The molecule has 18 heteroatoms. The quantitative estimate of drug-likeness (QED) is 0.0226. The van der Waals surface area contributed by atoms with Gasteiger partial charge in [0.2, 0.25) is 11.8 Å². The van der Waals surface area contributed by atoms with Crippen molar-refractivity contribution in [2.75, 3.05) is 26.2 Å². The molecule has 2 aliphatic rings. The zero-order valence-electron chi connectivity index (χ0n) is 49.8. The maximum atomic E-state index is 13.7. The van der Waals surface area contributed by atoms with Gasteiger partial charge in [-0.05, 0) is 144 Å². The highest BCUT2D eigenvalue weighted by Gasteiger charge is 2.30. The van der Waals surface area contributed by atoms with Gasteiger partial charge < -0.3 is 40.5 Å². The van der Waals surface area contributed by atoms with Gasteiger partial charge in [-0.2, -0.15) is 0 Å². The van der Waals surface area contributed by atoms with Gasteiger partial charge in [-0.1, -0.05) is 111 Å². The second-order valence-corrected chi connectivity index (χ2v) is 22.4. The van der Waals surface area contributed by atoms with Crippen LogP contribution in [0.4, 0.5) is 8.78 Å². The van der Waals surface area contributed by atoms with Crippen LogP contribution >= 0.6 is 0 Å². The fourth-order valence-electron chi connectivity index (χ4n) is 10.7. The molecule has 6 amide bonds. The van der Waals surface area contributed by atoms with Gasteiger partial charge in [0.15, 0.2) is 0 Å². The molecule has 0 unspecified atom stereocenters. The summed E-state index contributed by atoms with van der Waals surface area (Å²) in [6, 6.07) is 37.6. The topological polar surface area (TPSA) is 210 Å². The van der Waals surface area contributed by atoms with Crippen LogP contribution in [-0.4, -0.2) is 83.4 Å². The van der Waals surface area contributed by atoms with Gasteiger partial charge in [-0.25, -0.2) is 8.78 Å². The molecule has 0 spiro atoms. The number of esters is 2. The van der Waals surface area contributed by atoms with E-state index in [0.717, 1.165) is 70.2 Å². The minimum atomic E-state index is -0.444. The number of carbonyl (C=O) groups excluding carboxylic acids is 8. The van der Waals surface area contributed by atoms with Crippen molar-refractivity contribution in [1.82, 2.24) is 31.1 Å². The number of benzene rings is 6. The predicted molar refractivity (Wildman–Crippen MR) is 328 cm³/mol. The molecular weight excluding hydrogens is 1120 g/mol. The maximum Gasteiger partial charge on any atom is 0.306 e. The first-order chi connectivity index (χ1) is 42.8. The molecule has 0 bridgehead atoms. The van der Waals surface area contributed by atoms with Crippen LogP contribution in [0.1, 0.15) is 176 Å². The number of ether oxygens (including phenoxy) is 2. The molecule has 88 heavy (non-hydrogen) atoms. The van der Waals surface area contributed by atoms with E-state index in [9.17, 15) is 47.1 Å². The highest BCUT2D eigenvalue weighted by molar-refractivity contribution is 6.08. The van der Waals surface area contributed by atoms with Crippen LogP contribution in [-0.2, 0) is 80.9 Å². The summed E-state index contributed by atoms with van der Waals surface area (Å²) in [4.78, 5) is 110. The first kappa shape index (κ1) is 64.9. The molecule has 0 aromatic heterocycles. The average Bonchev–Trinajstić information content (AvgIpc) is 2.18. The van der Waals surface area contributed by atoms with Gasteiger partial charge in [0.25, 0.3) is 23.6 Å². The third kappa shape index (κ3) is 20.3. The Morgan fingerprint density at radius 1 is 0.352 bits per heavy atom. The number of hydrogen-bond donors (Lipinski definition) is 4. The number of halogens is 2. The van der Waals surface area contributed by atoms with Gasteiger partial charge in [-0.15, -0.1) is 0 Å². The molecule has 462 valence electrons. The maximum absolute atomic E-state index is 13.7. The Kier molecular flexibility index (Phi) is 24.9. The lowest BCUT2D eigenvalue weighted by molar-refractivity contribution is -0.146. The Bertz CT molecular complexity index is 3140. The number of nitrogens with zero attached hydrogens (tertiary/aromatic N) is 2. The number of carbonyl (C=O) groups is 8. The Morgan fingerprint density at radius 3 is 1.00 bits per heavy atom. The summed E-state index contributed by atoms with van der Waals surface area (Å²) in [7, 11) is 0. The van der Waals surface area contributed by atoms with Gasteiger partial charge in [0.1, 0.15) is 24.8 Å². The number of hydrogen-bond acceptors (Lipinski definition) is 10. The van der Waals surface area contributed by atoms with E-state index >= 15 is 0 Å². The van der Waals surface area contributed by atoms with Crippen molar-refractivity contribution in [3.63, 3.8) is 0 Å². The Morgan fingerprint density at radius 2 is 0.659 bits per heavy atom. The van der Waals surface area contributed by atoms with E-state index in [4.69, 9.17) is 9.47 Å². The summed E-state index contributed by atoms with van der Waals surface area (Å²) in [5, 5.41) is 11.6. The molecule has 0 fully saturated rings. The van der Waals surface area contributed by atoms with Gasteiger partial charge >= 0.3 is 11.9 Å². The summed E-state index contributed by atoms with van der Waals surface area (Å²) in [5.41, 5.74) is 7.35. The van der Waals surface area contributed by atoms with E-state index in [1.165, 1.54) is 24.3 Å². The van der Waals surface area contributed by atoms with Crippen LogP contribution in [0.5, 0.6) is 0 Å². The van der Waals surface area contributed by atoms with Crippen LogP contribution in [0, 0.1) is 11.6 Å². The van der Waals surface area contributed by atoms with E-state index in [0.29, 0.717) is 90.4 Å². The lowest BCUT2D eigenvalue weighted by Crippen LogP contribution is -2.31. The van der Waals surface area contributed by atoms with E-state index in [-0.39, 0.29) is 110 Å². The minimum absolute atomic E-state index is 0.0275. The Hall–Kier alpha value is -9.06. The van der Waals surface area contributed by atoms with Crippen molar-refractivity contribution in [3.05, 3.63) is 212 Å². The molecule has 0 saturated carbocycles. The summed E-state index contributed by atoms with van der Waals surface area (Å²) in [6.07, 6.45) is 8.75. The molecule has 6 aromatic rings. The van der Waals surface area contributed by atoms with E-state index in [2.05, 4.69) is 21.3 Å². The third-order valence-corrected chi connectivity index (χ3v) is 15.7. The minimum Gasteiger partial charge on any atom is -0.461 e. The molecule has 8 rings (SSSR count). The zero-order chi connectivity index (χ0) is 62.0. The van der Waals surface area contributed by atoms with Crippen LogP contribution < -0.4 is 21.3 Å². The van der Waals surface area contributed by atoms with E-state index < -0.39 is 23.6 Å². The van der Waals surface area contributed by atoms with E-state index in [1.54, 1.807) is 58.3 Å². The highest BCUT2D eigenvalue weighted by Crippen LogP contribution is 2.30. The first-order valence-electron chi connectivity index (χ1n) is 30.6. The van der Waals surface area contributed by atoms with Crippen LogP contribution in [0.2, 0.25) is 0 Å². The Balaban J connectivity index is 0.759. The molecule has 0 saturated heterocycles. The summed E-state index contributed by atoms with van der Waals surface area (Å²) >= 11 is 0. The van der Waals surface area contributed by atoms with Crippen molar-refractivity contribution in [1.29, 1.82) is 0 Å². The molecule has 2 aliphatic heterocycles.